The molecule has 0 aromatic rings. The van der Waals surface area contributed by atoms with Gasteiger partial charge in [-0.05, 0) is 19.8 Å². The van der Waals surface area contributed by atoms with E-state index in [4.69, 9.17) is 4.74 Å². The van der Waals surface area contributed by atoms with Gasteiger partial charge < -0.3 is 4.74 Å². The van der Waals surface area contributed by atoms with E-state index in [1.54, 1.807) is 13.0 Å². The molecule has 0 aromatic carbocycles. The van der Waals surface area contributed by atoms with E-state index in [0.29, 0.717) is 13.2 Å². The normalized spacial score (nSPS) is 10.2. The Morgan fingerprint density at radius 3 is 2.47 bits per heavy atom. The number of hydrogen-bond acceptors (Lipinski definition) is 4. The lowest BCUT2D eigenvalue weighted by molar-refractivity contribution is -0.137. The number of aliphatic imine (C=N–C) groups is 1. The van der Waals surface area contributed by atoms with Crippen LogP contribution in [0.1, 0.15) is 45.4 Å². The summed E-state index contributed by atoms with van der Waals surface area (Å²) >= 11 is 0. The molecule has 0 fully saturated rings. The highest BCUT2D eigenvalue weighted by Gasteiger charge is 1.95. The second kappa shape index (κ2) is 12.7. The van der Waals surface area contributed by atoms with Crippen LogP contribution in [0.15, 0.2) is 17.1 Å². The number of rotatable bonds is 10. The highest BCUT2D eigenvalue weighted by molar-refractivity contribution is 5.81. The highest BCUT2D eigenvalue weighted by atomic mass is 16.5. The molecule has 0 aliphatic rings. The van der Waals surface area contributed by atoms with Crippen molar-refractivity contribution in [3.8, 4) is 0 Å². The van der Waals surface area contributed by atoms with E-state index < -0.39 is 0 Å². The fourth-order valence-corrected chi connectivity index (χ4v) is 1.40. The van der Waals surface area contributed by atoms with Crippen LogP contribution >= 0.6 is 0 Å². The standard InChI is InChI=1S/C13H21NO3/c1-2-9-13(16)17-11-8-6-4-3-5-7-10-14-12-15/h2,9H,3-8,10-11H2,1H3. The predicted molar refractivity (Wildman–Crippen MR) is 66.5 cm³/mol. The molecule has 4 heteroatoms. The Labute approximate surface area is 103 Å². The molecule has 4 nitrogen and oxygen atoms in total. The molecule has 0 aliphatic carbocycles. The monoisotopic (exact) mass is 239 g/mol. The van der Waals surface area contributed by atoms with Crippen molar-refractivity contribution in [2.45, 2.75) is 45.4 Å². The van der Waals surface area contributed by atoms with Gasteiger partial charge in [-0.1, -0.05) is 31.8 Å². The Morgan fingerprint density at radius 1 is 1.18 bits per heavy atom. The van der Waals surface area contributed by atoms with Crippen LogP contribution in [0.2, 0.25) is 0 Å². The molecule has 0 aromatic heterocycles. The van der Waals surface area contributed by atoms with Crippen molar-refractivity contribution in [2.24, 2.45) is 4.99 Å². The zero-order chi connectivity index (χ0) is 12.8. The Bertz CT molecular complexity index is 268. The summed E-state index contributed by atoms with van der Waals surface area (Å²) in [5.74, 6) is -0.265. The first-order valence-corrected chi connectivity index (χ1v) is 6.14. The molecular formula is C13H21NO3. The van der Waals surface area contributed by atoms with E-state index >= 15 is 0 Å². The van der Waals surface area contributed by atoms with Crippen LogP contribution in [-0.4, -0.2) is 25.2 Å². The summed E-state index contributed by atoms with van der Waals surface area (Å²) in [5.41, 5.74) is 0. The van der Waals surface area contributed by atoms with Crippen molar-refractivity contribution in [3.05, 3.63) is 12.2 Å². The zero-order valence-electron chi connectivity index (χ0n) is 10.5. The molecule has 0 bridgehead atoms. The third kappa shape index (κ3) is 12.5. The third-order valence-electron chi connectivity index (χ3n) is 2.28. The Morgan fingerprint density at radius 2 is 1.82 bits per heavy atom. The lowest BCUT2D eigenvalue weighted by Gasteiger charge is -2.02. The van der Waals surface area contributed by atoms with Crippen molar-refractivity contribution in [1.29, 1.82) is 0 Å². The molecule has 96 valence electrons. The first-order chi connectivity index (χ1) is 8.31. The second-order valence-corrected chi connectivity index (χ2v) is 3.76. The van der Waals surface area contributed by atoms with Gasteiger partial charge >= 0.3 is 5.97 Å². The lowest BCUT2D eigenvalue weighted by Crippen LogP contribution is -2.01. The first kappa shape index (κ1) is 15.6. The molecule has 0 saturated heterocycles. The minimum atomic E-state index is -0.265. The summed E-state index contributed by atoms with van der Waals surface area (Å²) in [6.07, 6.45) is 10.9. The van der Waals surface area contributed by atoms with Crippen molar-refractivity contribution >= 4 is 12.0 Å². The predicted octanol–water partition coefficient (Wildman–Crippen LogP) is 2.78. The minimum Gasteiger partial charge on any atom is -0.463 e. The molecule has 0 atom stereocenters. The number of isocyanates is 1. The highest BCUT2D eigenvalue weighted by Crippen LogP contribution is 2.05. The van der Waals surface area contributed by atoms with Gasteiger partial charge in [-0.3, -0.25) is 0 Å². The smallest absolute Gasteiger partial charge is 0.330 e. The summed E-state index contributed by atoms with van der Waals surface area (Å²) in [4.78, 5) is 24.2. The van der Waals surface area contributed by atoms with Crippen molar-refractivity contribution in [2.75, 3.05) is 13.2 Å². The van der Waals surface area contributed by atoms with Crippen LogP contribution < -0.4 is 0 Å². The van der Waals surface area contributed by atoms with Crippen LogP contribution in [-0.2, 0) is 14.3 Å². The van der Waals surface area contributed by atoms with Gasteiger partial charge in [-0.2, -0.15) is 0 Å². The third-order valence-corrected chi connectivity index (χ3v) is 2.28. The maximum atomic E-state index is 10.9. The maximum absolute atomic E-state index is 10.9. The van der Waals surface area contributed by atoms with E-state index in [9.17, 15) is 9.59 Å². The van der Waals surface area contributed by atoms with Crippen LogP contribution in [0.4, 0.5) is 0 Å². The Kier molecular flexibility index (Phi) is 11.6. The lowest BCUT2D eigenvalue weighted by atomic mass is 10.1. The van der Waals surface area contributed by atoms with Gasteiger partial charge in [0.15, 0.2) is 0 Å². The molecule has 0 amide bonds. The van der Waals surface area contributed by atoms with Crippen LogP contribution in [0.3, 0.4) is 0 Å². The molecule has 0 unspecified atom stereocenters. The fraction of sp³-hybridized carbons (Fsp3) is 0.692. The zero-order valence-corrected chi connectivity index (χ0v) is 10.5. The van der Waals surface area contributed by atoms with Gasteiger partial charge in [0.05, 0.1) is 13.2 Å². The summed E-state index contributed by atoms with van der Waals surface area (Å²) in [6.45, 7) is 2.87. The molecule has 0 saturated carbocycles. The SMILES string of the molecule is CC=CC(=O)OCCCCCCCCN=C=O. The van der Waals surface area contributed by atoms with Crippen molar-refractivity contribution in [1.82, 2.24) is 0 Å². The largest absolute Gasteiger partial charge is 0.463 e. The van der Waals surface area contributed by atoms with E-state index in [1.165, 1.54) is 12.2 Å². The quantitative estimate of drug-likeness (QED) is 0.194. The summed E-state index contributed by atoms with van der Waals surface area (Å²) < 4.78 is 4.96. The van der Waals surface area contributed by atoms with E-state index in [1.807, 2.05) is 0 Å². The molecule has 0 spiro atoms. The number of unbranched alkanes of at least 4 members (excludes halogenated alkanes) is 5. The number of nitrogens with zero attached hydrogens (tertiary/aromatic N) is 1. The van der Waals surface area contributed by atoms with Gasteiger partial charge in [-0.15, -0.1) is 0 Å². The molecule has 0 aliphatic heterocycles. The summed E-state index contributed by atoms with van der Waals surface area (Å²) in [5, 5.41) is 0. The minimum absolute atomic E-state index is 0.265. The number of allylic oxidation sites excluding steroid dienone is 1. The Hall–Kier alpha value is -1.41. The fourth-order valence-electron chi connectivity index (χ4n) is 1.40. The number of esters is 1. The topological polar surface area (TPSA) is 55.7 Å². The summed E-state index contributed by atoms with van der Waals surface area (Å²) in [7, 11) is 0. The maximum Gasteiger partial charge on any atom is 0.330 e. The van der Waals surface area contributed by atoms with Gasteiger partial charge in [-0.25, -0.2) is 14.6 Å². The van der Waals surface area contributed by atoms with Crippen LogP contribution in [0, 0.1) is 0 Å². The summed E-state index contributed by atoms with van der Waals surface area (Å²) in [6, 6.07) is 0. The second-order valence-electron chi connectivity index (χ2n) is 3.76. The van der Waals surface area contributed by atoms with Gasteiger partial charge in [0.25, 0.3) is 0 Å². The van der Waals surface area contributed by atoms with Crippen molar-refractivity contribution in [3.63, 3.8) is 0 Å². The molecule has 0 rings (SSSR count). The molecule has 17 heavy (non-hydrogen) atoms. The van der Waals surface area contributed by atoms with Crippen molar-refractivity contribution < 1.29 is 14.3 Å². The molecular weight excluding hydrogens is 218 g/mol. The van der Waals surface area contributed by atoms with Gasteiger partial charge in [0, 0.05) is 6.08 Å². The first-order valence-electron chi connectivity index (χ1n) is 6.14. The molecule has 0 radical (unpaired) electrons. The molecule has 0 N–H and O–H groups in total. The average molecular weight is 239 g/mol. The number of carbonyl (C=O) groups excluding carboxylic acids is 2. The van der Waals surface area contributed by atoms with E-state index in [-0.39, 0.29) is 5.97 Å². The number of carbonyl (C=O) groups is 1. The van der Waals surface area contributed by atoms with Gasteiger partial charge in [0.2, 0.25) is 6.08 Å². The molecule has 0 heterocycles. The van der Waals surface area contributed by atoms with E-state index in [0.717, 1.165) is 38.5 Å². The average Bonchev–Trinajstić information content (AvgIpc) is 2.32. The Balaban J connectivity index is 3.13. The van der Waals surface area contributed by atoms with Gasteiger partial charge in [0.1, 0.15) is 0 Å². The van der Waals surface area contributed by atoms with E-state index in [2.05, 4.69) is 4.99 Å². The van der Waals surface area contributed by atoms with Crippen LogP contribution in [0.5, 0.6) is 0 Å². The number of ether oxygens (including phenoxy) is 1. The van der Waals surface area contributed by atoms with Crippen LogP contribution in [0.25, 0.3) is 0 Å². The number of hydrogen-bond donors (Lipinski definition) is 0.